The van der Waals surface area contributed by atoms with E-state index in [1.54, 1.807) is 24.1 Å². The zero-order valence-electron chi connectivity index (χ0n) is 29.5. The van der Waals surface area contributed by atoms with E-state index in [-0.39, 0.29) is 17.6 Å². The number of para-hydroxylation sites is 1. The molecular formula is C40H45ClFN5O4. The van der Waals surface area contributed by atoms with Gasteiger partial charge < -0.3 is 34.3 Å². The van der Waals surface area contributed by atoms with Crippen LogP contribution < -0.4 is 19.5 Å². The highest BCUT2D eigenvalue weighted by Crippen LogP contribution is 2.38. The number of amides is 1. The summed E-state index contributed by atoms with van der Waals surface area (Å²) in [6, 6.07) is 24.4. The lowest BCUT2D eigenvalue weighted by atomic mass is 9.94. The number of imidazole rings is 1. The smallest absolute Gasteiger partial charge is 0.253 e. The molecule has 1 aliphatic heterocycles. The molecule has 0 saturated carbocycles. The van der Waals surface area contributed by atoms with E-state index >= 15 is 0 Å². The van der Waals surface area contributed by atoms with Crippen LogP contribution in [-0.2, 0) is 6.42 Å². The second kappa shape index (κ2) is 16.5. The molecule has 1 amide bonds. The van der Waals surface area contributed by atoms with Gasteiger partial charge in [-0.15, -0.1) is 0 Å². The predicted molar refractivity (Wildman–Crippen MR) is 200 cm³/mol. The predicted octanol–water partition coefficient (Wildman–Crippen LogP) is 7.79. The Morgan fingerprint density at radius 3 is 2.33 bits per heavy atom. The molecule has 11 heteroatoms. The topological polar surface area (TPSA) is 92.0 Å². The van der Waals surface area contributed by atoms with Crippen LogP contribution >= 0.6 is 11.6 Å². The number of halogens is 2. The van der Waals surface area contributed by atoms with Crippen LogP contribution in [0.4, 0.5) is 10.3 Å². The standard InChI is InChI=1S/C40H45ClFN5O4/c1-46(39(48)30-23-35(49-2)38(51-4)36(24-30)50-3)25-29(27-10-12-31(41)13-11-27)16-19-47-20-17-33(18-21-47)43-40-44-34-7-5-6-28(37(34)45-40)22-26-8-14-32(42)15-9-26/h5-15,23-24,29,33H,16-22,25H2,1-4H3,(H2,43,44,45). The maximum absolute atomic E-state index is 13.7. The molecule has 5 aromatic rings. The van der Waals surface area contributed by atoms with Gasteiger partial charge in [-0.3, -0.25) is 4.79 Å². The fourth-order valence-electron chi connectivity index (χ4n) is 6.89. The van der Waals surface area contributed by atoms with E-state index in [4.69, 9.17) is 30.8 Å². The van der Waals surface area contributed by atoms with Crippen molar-refractivity contribution in [1.82, 2.24) is 19.8 Å². The minimum absolute atomic E-state index is 0.105. The molecule has 268 valence electrons. The Morgan fingerprint density at radius 2 is 1.69 bits per heavy atom. The van der Waals surface area contributed by atoms with Crippen molar-refractivity contribution in [3.8, 4) is 17.2 Å². The van der Waals surface area contributed by atoms with Crippen molar-refractivity contribution in [2.45, 2.75) is 37.6 Å². The van der Waals surface area contributed by atoms with Crippen molar-refractivity contribution in [2.24, 2.45) is 0 Å². The number of hydrogen-bond acceptors (Lipinski definition) is 7. The van der Waals surface area contributed by atoms with Crippen molar-refractivity contribution >= 4 is 34.5 Å². The molecule has 1 fully saturated rings. The number of aromatic amines is 1. The van der Waals surface area contributed by atoms with Gasteiger partial charge in [0, 0.05) is 49.2 Å². The van der Waals surface area contributed by atoms with E-state index in [0.29, 0.717) is 46.8 Å². The van der Waals surface area contributed by atoms with E-state index in [1.807, 2.05) is 43.4 Å². The summed E-state index contributed by atoms with van der Waals surface area (Å²) in [4.78, 5) is 26.3. The van der Waals surface area contributed by atoms with Gasteiger partial charge in [-0.1, -0.05) is 48.0 Å². The number of carbonyl (C=O) groups is 1. The number of nitrogens with zero attached hydrogens (tertiary/aromatic N) is 3. The lowest BCUT2D eigenvalue weighted by Gasteiger charge is -2.34. The second-order valence-corrected chi connectivity index (χ2v) is 13.5. The van der Waals surface area contributed by atoms with Crippen LogP contribution in [0.5, 0.6) is 17.2 Å². The molecule has 1 atom stereocenters. The number of piperidine rings is 1. The third kappa shape index (κ3) is 8.75. The van der Waals surface area contributed by atoms with Crippen LogP contribution in [0.1, 0.15) is 52.2 Å². The van der Waals surface area contributed by atoms with Gasteiger partial charge in [-0.05, 0) is 91.4 Å². The van der Waals surface area contributed by atoms with Gasteiger partial charge in [0.2, 0.25) is 11.7 Å². The maximum atomic E-state index is 13.7. The van der Waals surface area contributed by atoms with E-state index in [1.165, 1.54) is 26.4 Å². The number of ether oxygens (including phenoxy) is 3. The number of benzene rings is 4. The number of nitrogens with one attached hydrogen (secondary N) is 2. The quantitative estimate of drug-likeness (QED) is 0.121. The first-order valence-corrected chi connectivity index (χ1v) is 17.6. The third-order valence-electron chi connectivity index (χ3n) is 9.72. The molecule has 1 aromatic heterocycles. The SMILES string of the molecule is COc1cc(C(=O)N(C)CC(CCN2CCC(Nc3nc4c(Cc5ccc(F)cc5)cccc4[nH]3)CC2)c2ccc(Cl)cc2)cc(OC)c1OC. The Hall–Kier alpha value is -4.80. The van der Waals surface area contributed by atoms with E-state index < -0.39 is 0 Å². The molecule has 2 heterocycles. The minimum atomic E-state index is -0.233. The van der Waals surface area contributed by atoms with Crippen LogP contribution in [-0.4, -0.2) is 86.3 Å². The van der Waals surface area contributed by atoms with Gasteiger partial charge in [0.15, 0.2) is 11.5 Å². The number of aromatic nitrogens is 2. The summed E-state index contributed by atoms with van der Waals surface area (Å²) in [6.45, 7) is 3.36. The van der Waals surface area contributed by atoms with E-state index in [9.17, 15) is 9.18 Å². The maximum Gasteiger partial charge on any atom is 0.253 e. The van der Waals surface area contributed by atoms with Crippen LogP contribution in [0, 0.1) is 5.82 Å². The normalized spacial score (nSPS) is 14.3. The van der Waals surface area contributed by atoms with Crippen molar-refractivity contribution in [3.63, 3.8) is 0 Å². The van der Waals surface area contributed by atoms with Crippen molar-refractivity contribution in [2.75, 3.05) is 59.9 Å². The average Bonchev–Trinajstić information content (AvgIpc) is 3.57. The van der Waals surface area contributed by atoms with Crippen LogP contribution in [0.2, 0.25) is 5.02 Å². The Bertz CT molecular complexity index is 1900. The number of likely N-dealkylation sites (tertiary alicyclic amines) is 1. The van der Waals surface area contributed by atoms with Crippen LogP contribution in [0.15, 0.2) is 78.9 Å². The first-order valence-electron chi connectivity index (χ1n) is 17.3. The summed E-state index contributed by atoms with van der Waals surface area (Å²) in [7, 11) is 6.45. The first-order chi connectivity index (χ1) is 24.7. The number of likely N-dealkylation sites (N-methyl/N-ethyl adjacent to an activating group) is 1. The summed E-state index contributed by atoms with van der Waals surface area (Å²) >= 11 is 6.24. The fourth-order valence-corrected chi connectivity index (χ4v) is 7.02. The number of rotatable bonds is 14. The average molecular weight is 714 g/mol. The Labute approximate surface area is 303 Å². The number of H-pyrrole nitrogens is 1. The summed E-state index contributed by atoms with van der Waals surface area (Å²) in [6.07, 6.45) is 3.55. The number of carbonyl (C=O) groups excluding carboxylic acids is 1. The van der Waals surface area contributed by atoms with Gasteiger partial charge in [-0.25, -0.2) is 9.37 Å². The summed E-state index contributed by atoms with van der Waals surface area (Å²) in [5, 5.41) is 4.32. The minimum Gasteiger partial charge on any atom is -0.493 e. The molecule has 0 bridgehead atoms. The van der Waals surface area contributed by atoms with Crippen LogP contribution in [0.25, 0.3) is 11.0 Å². The zero-order valence-corrected chi connectivity index (χ0v) is 30.3. The molecule has 1 saturated heterocycles. The van der Waals surface area contributed by atoms with Crippen LogP contribution in [0.3, 0.4) is 0 Å². The molecule has 0 spiro atoms. The van der Waals surface area contributed by atoms with Crippen molar-refractivity contribution in [3.05, 3.63) is 112 Å². The molecule has 4 aromatic carbocycles. The molecule has 1 unspecified atom stereocenters. The summed E-state index contributed by atoms with van der Waals surface area (Å²) < 4.78 is 29.8. The van der Waals surface area contributed by atoms with Crippen molar-refractivity contribution in [1.29, 1.82) is 0 Å². The largest absolute Gasteiger partial charge is 0.493 e. The molecular weight excluding hydrogens is 669 g/mol. The molecule has 0 aliphatic carbocycles. The third-order valence-corrected chi connectivity index (χ3v) is 9.97. The highest BCUT2D eigenvalue weighted by Gasteiger charge is 2.25. The lowest BCUT2D eigenvalue weighted by Crippen LogP contribution is -2.40. The van der Waals surface area contributed by atoms with E-state index in [2.05, 4.69) is 33.4 Å². The summed E-state index contributed by atoms with van der Waals surface area (Å²) in [5.41, 5.74) is 5.67. The molecule has 1 aliphatic rings. The van der Waals surface area contributed by atoms with Gasteiger partial charge >= 0.3 is 0 Å². The number of fused-ring (bicyclic) bond motifs is 1. The summed E-state index contributed by atoms with van der Waals surface area (Å²) in [5.74, 6) is 1.84. The zero-order chi connectivity index (χ0) is 35.9. The molecule has 6 rings (SSSR count). The van der Waals surface area contributed by atoms with E-state index in [0.717, 1.165) is 72.6 Å². The second-order valence-electron chi connectivity index (χ2n) is 13.1. The van der Waals surface area contributed by atoms with Gasteiger partial charge in [0.05, 0.1) is 32.4 Å². The lowest BCUT2D eigenvalue weighted by molar-refractivity contribution is 0.0781. The molecule has 51 heavy (non-hydrogen) atoms. The number of hydrogen-bond donors (Lipinski definition) is 2. The van der Waals surface area contributed by atoms with Crippen molar-refractivity contribution < 1.29 is 23.4 Å². The molecule has 0 radical (unpaired) electrons. The number of methoxy groups -OCH3 is 3. The fraction of sp³-hybridized carbons (Fsp3) is 0.350. The Morgan fingerprint density at radius 1 is 1.00 bits per heavy atom. The van der Waals surface area contributed by atoms with Gasteiger partial charge in [-0.2, -0.15) is 0 Å². The first kappa shape index (κ1) is 36.0. The Balaban J connectivity index is 1.06. The highest BCUT2D eigenvalue weighted by molar-refractivity contribution is 6.30. The highest BCUT2D eigenvalue weighted by atomic mass is 35.5. The monoisotopic (exact) mass is 713 g/mol. The molecule has 9 nitrogen and oxygen atoms in total. The van der Waals surface area contributed by atoms with Gasteiger partial charge in [0.25, 0.3) is 5.91 Å². The van der Waals surface area contributed by atoms with Gasteiger partial charge in [0.1, 0.15) is 5.82 Å². The molecule has 2 N–H and O–H groups in total. The number of anilines is 1. The Kier molecular flexibility index (Phi) is 11.6.